The summed E-state index contributed by atoms with van der Waals surface area (Å²) in [4.78, 5) is 41.5. The van der Waals surface area contributed by atoms with Crippen molar-refractivity contribution in [2.75, 3.05) is 43.0 Å². The van der Waals surface area contributed by atoms with E-state index in [0.29, 0.717) is 51.3 Å². The summed E-state index contributed by atoms with van der Waals surface area (Å²) in [5.41, 5.74) is 2.37. The van der Waals surface area contributed by atoms with Crippen LogP contribution in [0.5, 0.6) is 0 Å². The van der Waals surface area contributed by atoms with E-state index < -0.39 is 0 Å². The molecule has 2 amide bonds. The molecule has 0 radical (unpaired) electrons. The highest BCUT2D eigenvalue weighted by Gasteiger charge is 2.35. The molecule has 9 nitrogen and oxygen atoms in total. The van der Waals surface area contributed by atoms with Crippen molar-refractivity contribution >= 4 is 29.3 Å². The van der Waals surface area contributed by atoms with Crippen molar-refractivity contribution in [3.05, 3.63) is 36.0 Å². The Bertz CT molecular complexity index is 1060. The van der Waals surface area contributed by atoms with E-state index in [1.165, 1.54) is 6.92 Å². The van der Waals surface area contributed by atoms with Gasteiger partial charge in [-0.05, 0) is 51.7 Å². The molecule has 188 valence electrons. The molecule has 35 heavy (non-hydrogen) atoms. The number of likely N-dealkylation sites (tertiary alicyclic amines) is 1. The smallest absolute Gasteiger partial charge is 0.310 e. The highest BCUT2D eigenvalue weighted by molar-refractivity contribution is 5.93. The quantitative estimate of drug-likeness (QED) is 0.637. The molecule has 1 aromatic heterocycles. The zero-order chi connectivity index (χ0) is 24.9. The number of carbonyl (C=O) groups is 3. The van der Waals surface area contributed by atoms with Crippen LogP contribution in [0.25, 0.3) is 5.69 Å². The van der Waals surface area contributed by atoms with E-state index in [0.717, 1.165) is 30.0 Å². The molecule has 1 N–H and O–H groups in total. The number of para-hydroxylation sites is 1. The maximum atomic E-state index is 13.3. The molecule has 0 unspecified atom stereocenters. The zero-order valence-electron chi connectivity index (χ0n) is 20.8. The molecule has 2 aromatic rings. The van der Waals surface area contributed by atoms with Crippen LogP contribution < -0.4 is 10.2 Å². The summed E-state index contributed by atoms with van der Waals surface area (Å²) in [6.45, 7) is 8.05. The Kier molecular flexibility index (Phi) is 7.73. The van der Waals surface area contributed by atoms with Crippen molar-refractivity contribution in [2.45, 2.75) is 46.5 Å². The first-order valence-electron chi connectivity index (χ1n) is 12.5. The Morgan fingerprint density at radius 3 is 2.43 bits per heavy atom. The molecule has 2 fully saturated rings. The van der Waals surface area contributed by atoms with Crippen LogP contribution in [0.1, 0.15) is 45.2 Å². The monoisotopic (exact) mass is 481 g/mol. The van der Waals surface area contributed by atoms with Gasteiger partial charge in [0.25, 0.3) is 0 Å². The summed E-state index contributed by atoms with van der Waals surface area (Å²) >= 11 is 0. The first-order valence-corrected chi connectivity index (χ1v) is 12.5. The Labute approximate surface area is 206 Å². The van der Waals surface area contributed by atoms with Gasteiger partial charge in [0.1, 0.15) is 5.69 Å². The number of rotatable bonds is 6. The van der Waals surface area contributed by atoms with Crippen LogP contribution in [0, 0.1) is 18.8 Å². The number of anilines is 2. The number of aryl methyl sites for hydroxylation is 1. The summed E-state index contributed by atoms with van der Waals surface area (Å²) in [5.74, 6) is 0.327. The molecule has 1 aromatic carbocycles. The number of nitrogens with one attached hydrogen (secondary N) is 1. The number of hydrogen-bond donors (Lipinski definition) is 1. The number of carbonyl (C=O) groups excluding carboxylic acids is 3. The summed E-state index contributed by atoms with van der Waals surface area (Å²) in [5, 5.41) is 7.68. The molecule has 2 aliphatic rings. The second-order valence-electron chi connectivity index (χ2n) is 9.35. The molecule has 0 bridgehead atoms. The lowest BCUT2D eigenvalue weighted by Crippen LogP contribution is -2.48. The van der Waals surface area contributed by atoms with E-state index in [9.17, 15) is 14.4 Å². The lowest BCUT2D eigenvalue weighted by Gasteiger charge is -2.38. The minimum Gasteiger partial charge on any atom is -0.466 e. The number of nitrogens with zero attached hydrogens (tertiary/aromatic N) is 4. The zero-order valence-corrected chi connectivity index (χ0v) is 20.8. The van der Waals surface area contributed by atoms with Crippen LogP contribution in [0.2, 0.25) is 0 Å². The summed E-state index contributed by atoms with van der Waals surface area (Å²) in [6, 6.07) is 9.85. The predicted molar refractivity (Wildman–Crippen MR) is 133 cm³/mol. The number of benzene rings is 1. The number of amides is 2. The number of esters is 1. The fourth-order valence-corrected chi connectivity index (χ4v) is 5.10. The highest BCUT2D eigenvalue weighted by atomic mass is 16.5. The van der Waals surface area contributed by atoms with Crippen molar-refractivity contribution in [3.8, 4) is 5.69 Å². The van der Waals surface area contributed by atoms with Gasteiger partial charge in [-0.15, -0.1) is 0 Å². The largest absolute Gasteiger partial charge is 0.466 e. The van der Waals surface area contributed by atoms with Crippen LogP contribution in [0.4, 0.5) is 11.5 Å². The van der Waals surface area contributed by atoms with Gasteiger partial charge >= 0.3 is 5.97 Å². The second-order valence-corrected chi connectivity index (χ2v) is 9.35. The number of hydrogen-bond acceptors (Lipinski definition) is 6. The van der Waals surface area contributed by atoms with Crippen LogP contribution in [-0.4, -0.2) is 65.2 Å². The molecule has 2 saturated heterocycles. The van der Waals surface area contributed by atoms with Crippen molar-refractivity contribution in [1.82, 2.24) is 14.7 Å². The molecule has 0 spiro atoms. The molecular formula is C26H35N5O4. The number of aromatic nitrogens is 2. The van der Waals surface area contributed by atoms with Gasteiger partial charge in [-0.2, -0.15) is 5.10 Å². The topological polar surface area (TPSA) is 96.8 Å². The maximum absolute atomic E-state index is 13.3. The van der Waals surface area contributed by atoms with Crippen LogP contribution in [-0.2, 0) is 19.1 Å². The normalized spacial score (nSPS) is 18.9. The van der Waals surface area contributed by atoms with Gasteiger partial charge in [-0.25, -0.2) is 4.68 Å². The molecule has 1 atom stereocenters. The third kappa shape index (κ3) is 5.49. The Morgan fingerprint density at radius 1 is 1.06 bits per heavy atom. The van der Waals surface area contributed by atoms with Gasteiger partial charge in [0.15, 0.2) is 5.82 Å². The molecule has 9 heteroatoms. The van der Waals surface area contributed by atoms with Crippen molar-refractivity contribution in [3.63, 3.8) is 0 Å². The maximum Gasteiger partial charge on any atom is 0.310 e. The van der Waals surface area contributed by atoms with Crippen LogP contribution in [0.3, 0.4) is 0 Å². The fourth-order valence-electron chi connectivity index (χ4n) is 5.10. The van der Waals surface area contributed by atoms with Gasteiger partial charge < -0.3 is 19.9 Å². The van der Waals surface area contributed by atoms with Gasteiger partial charge in [0.2, 0.25) is 11.8 Å². The van der Waals surface area contributed by atoms with Gasteiger partial charge in [-0.3, -0.25) is 14.4 Å². The average molecular weight is 482 g/mol. The number of ether oxygens (including phenoxy) is 1. The van der Waals surface area contributed by atoms with Crippen molar-refractivity contribution in [2.24, 2.45) is 11.8 Å². The second kappa shape index (κ2) is 10.9. The third-order valence-electron chi connectivity index (χ3n) is 6.83. The first kappa shape index (κ1) is 24.8. The predicted octanol–water partition coefficient (Wildman–Crippen LogP) is 3.16. The van der Waals surface area contributed by atoms with E-state index in [1.807, 2.05) is 46.8 Å². The lowest BCUT2D eigenvalue weighted by atomic mass is 9.92. The highest BCUT2D eigenvalue weighted by Crippen LogP contribution is 2.35. The SMILES string of the molecule is CCOC(=O)[C@H]1CCCN(C(=O)C2CCN(c3c(NC(C)=O)c(C)nn3-c3ccccc3)CC2)C1. The molecular weight excluding hydrogens is 446 g/mol. The van der Waals surface area contributed by atoms with E-state index in [4.69, 9.17) is 9.84 Å². The van der Waals surface area contributed by atoms with Crippen molar-refractivity contribution in [1.29, 1.82) is 0 Å². The van der Waals surface area contributed by atoms with Crippen molar-refractivity contribution < 1.29 is 19.1 Å². The lowest BCUT2D eigenvalue weighted by molar-refractivity contribution is -0.152. The molecule has 3 heterocycles. The summed E-state index contributed by atoms with van der Waals surface area (Å²) in [6.07, 6.45) is 3.01. The molecule has 4 rings (SSSR count). The number of piperidine rings is 2. The standard InChI is InChI=1S/C26H35N5O4/c1-4-35-26(34)21-9-8-14-30(17-21)25(33)20-12-15-29(16-13-20)24-23(27-19(3)32)18(2)28-31(24)22-10-6-5-7-11-22/h5-7,10-11,20-21H,4,8-9,12-17H2,1-3H3,(H,27,32)/t21-/m0/s1. The first-order chi connectivity index (χ1) is 16.9. The van der Waals surface area contributed by atoms with E-state index in [-0.39, 0.29) is 29.6 Å². The summed E-state index contributed by atoms with van der Waals surface area (Å²) in [7, 11) is 0. The molecule has 2 aliphatic heterocycles. The van der Waals surface area contributed by atoms with Crippen LogP contribution >= 0.6 is 0 Å². The Morgan fingerprint density at radius 2 is 1.77 bits per heavy atom. The van der Waals surface area contributed by atoms with Crippen LogP contribution in [0.15, 0.2) is 30.3 Å². The minimum absolute atomic E-state index is 0.0781. The Hall–Kier alpha value is -3.36. The van der Waals surface area contributed by atoms with Gasteiger partial charge in [0, 0.05) is 39.0 Å². The summed E-state index contributed by atoms with van der Waals surface area (Å²) < 4.78 is 7.06. The van der Waals surface area contributed by atoms with Gasteiger partial charge in [-0.1, -0.05) is 18.2 Å². The van der Waals surface area contributed by atoms with E-state index >= 15 is 0 Å². The molecule has 0 aliphatic carbocycles. The molecule has 0 saturated carbocycles. The average Bonchev–Trinajstić information content (AvgIpc) is 3.19. The Balaban J connectivity index is 1.48. The third-order valence-corrected chi connectivity index (χ3v) is 6.83. The van der Waals surface area contributed by atoms with E-state index in [1.54, 1.807) is 6.92 Å². The van der Waals surface area contributed by atoms with Gasteiger partial charge in [0.05, 0.1) is 23.9 Å². The fraction of sp³-hybridized carbons (Fsp3) is 0.538. The van der Waals surface area contributed by atoms with E-state index in [2.05, 4.69) is 10.2 Å². The minimum atomic E-state index is -0.226.